The van der Waals surface area contributed by atoms with Crippen LogP contribution in [0.1, 0.15) is 13.3 Å². The Kier molecular flexibility index (Phi) is 2.08. The molecule has 0 atom stereocenters. The summed E-state index contributed by atoms with van der Waals surface area (Å²) in [7, 11) is 0. The van der Waals surface area contributed by atoms with E-state index in [9.17, 15) is 0 Å². The van der Waals surface area contributed by atoms with Crippen LogP contribution in [0.4, 0.5) is 0 Å². The predicted octanol–water partition coefficient (Wildman–Crippen LogP) is 1.08. The number of rotatable bonds is 3. The number of aromatic amines is 1. The molecule has 0 bridgehead atoms. The minimum absolute atomic E-state index is 0.847. The molecule has 68 valence electrons. The normalized spacial score (nSPS) is 10.5. The summed E-state index contributed by atoms with van der Waals surface area (Å²) in [4.78, 5) is 0. The minimum Gasteiger partial charge on any atom is -0.312 e. The second-order valence-corrected chi connectivity index (χ2v) is 2.82. The highest BCUT2D eigenvalue weighted by Crippen LogP contribution is 2.12. The fourth-order valence-corrected chi connectivity index (χ4v) is 1.25. The van der Waals surface area contributed by atoms with Crippen LogP contribution >= 0.6 is 0 Å². The van der Waals surface area contributed by atoms with Gasteiger partial charge in [-0.15, -0.1) is 10.2 Å². The van der Waals surface area contributed by atoms with Gasteiger partial charge in [0.1, 0.15) is 12.0 Å². The van der Waals surface area contributed by atoms with Crippen LogP contribution in [0.25, 0.3) is 11.5 Å². The van der Waals surface area contributed by atoms with Crippen molar-refractivity contribution >= 4 is 0 Å². The van der Waals surface area contributed by atoms with Crippen LogP contribution in [0.5, 0.6) is 0 Å². The lowest BCUT2D eigenvalue weighted by molar-refractivity contribution is 0.681. The smallest absolute Gasteiger partial charge is 0.181 e. The maximum Gasteiger partial charge on any atom is 0.181 e. The Labute approximate surface area is 75.8 Å². The first-order valence-electron chi connectivity index (χ1n) is 4.29. The molecule has 5 nitrogen and oxygen atoms in total. The van der Waals surface area contributed by atoms with E-state index in [1.165, 1.54) is 0 Å². The van der Waals surface area contributed by atoms with Gasteiger partial charge in [-0.25, -0.2) is 0 Å². The van der Waals surface area contributed by atoms with Gasteiger partial charge in [-0.3, -0.25) is 5.10 Å². The topological polar surface area (TPSA) is 59.4 Å². The average Bonchev–Trinajstić information content (AvgIpc) is 2.71. The summed E-state index contributed by atoms with van der Waals surface area (Å²) in [6.45, 7) is 3.05. The van der Waals surface area contributed by atoms with E-state index in [2.05, 4.69) is 27.3 Å². The molecule has 1 N–H and O–H groups in total. The summed E-state index contributed by atoms with van der Waals surface area (Å²) < 4.78 is 2.01. The molecule has 13 heavy (non-hydrogen) atoms. The Bertz CT molecular complexity index is 362. The molecule has 2 aromatic rings. The van der Waals surface area contributed by atoms with Crippen LogP contribution < -0.4 is 0 Å². The molecule has 0 saturated heterocycles. The molecule has 0 radical (unpaired) electrons. The van der Waals surface area contributed by atoms with Gasteiger partial charge < -0.3 is 4.57 Å². The number of aromatic nitrogens is 5. The molecule has 0 aliphatic rings. The Hall–Kier alpha value is -1.65. The van der Waals surface area contributed by atoms with Crippen molar-refractivity contribution in [3.8, 4) is 11.5 Å². The van der Waals surface area contributed by atoms with Crippen molar-refractivity contribution in [1.29, 1.82) is 0 Å². The first kappa shape index (κ1) is 7.97. The fourth-order valence-electron chi connectivity index (χ4n) is 1.25. The van der Waals surface area contributed by atoms with Crippen LogP contribution in [0.3, 0.4) is 0 Å². The first-order chi connectivity index (χ1) is 6.42. The molecule has 0 unspecified atom stereocenters. The van der Waals surface area contributed by atoms with Crippen LogP contribution in [0.2, 0.25) is 0 Å². The van der Waals surface area contributed by atoms with Gasteiger partial charge in [0, 0.05) is 12.7 Å². The third kappa shape index (κ3) is 1.44. The number of hydrogen-bond donors (Lipinski definition) is 1. The molecule has 0 saturated carbocycles. The number of aryl methyl sites for hydroxylation is 1. The number of H-pyrrole nitrogens is 1. The van der Waals surface area contributed by atoms with Gasteiger partial charge in [0.05, 0.1) is 0 Å². The van der Waals surface area contributed by atoms with Gasteiger partial charge >= 0.3 is 0 Å². The van der Waals surface area contributed by atoms with Crippen molar-refractivity contribution < 1.29 is 0 Å². The summed E-state index contributed by atoms with van der Waals surface area (Å²) in [6.07, 6.45) is 4.51. The monoisotopic (exact) mass is 177 g/mol. The zero-order chi connectivity index (χ0) is 9.10. The molecule has 2 aromatic heterocycles. The van der Waals surface area contributed by atoms with Crippen molar-refractivity contribution in [1.82, 2.24) is 25.0 Å². The molecular weight excluding hydrogens is 166 g/mol. The van der Waals surface area contributed by atoms with Gasteiger partial charge in [-0.1, -0.05) is 6.92 Å². The Morgan fingerprint density at radius 1 is 1.54 bits per heavy atom. The zero-order valence-electron chi connectivity index (χ0n) is 7.44. The number of nitrogens with zero attached hydrogens (tertiary/aromatic N) is 4. The van der Waals surface area contributed by atoms with Gasteiger partial charge in [-0.2, -0.15) is 5.10 Å². The first-order valence-corrected chi connectivity index (χ1v) is 4.29. The van der Waals surface area contributed by atoms with E-state index in [0.29, 0.717) is 0 Å². The van der Waals surface area contributed by atoms with E-state index >= 15 is 0 Å². The lowest BCUT2D eigenvalue weighted by Gasteiger charge is -2.01. The SMILES string of the molecule is CCCn1cnnc1-c1ccn[nH]1. The largest absolute Gasteiger partial charge is 0.312 e. The van der Waals surface area contributed by atoms with Crippen LogP contribution in [-0.4, -0.2) is 25.0 Å². The highest BCUT2D eigenvalue weighted by Gasteiger charge is 2.06. The van der Waals surface area contributed by atoms with Crippen molar-refractivity contribution in [3.63, 3.8) is 0 Å². The highest BCUT2D eigenvalue weighted by molar-refractivity contribution is 5.47. The summed E-state index contributed by atoms with van der Waals surface area (Å²) in [5.74, 6) is 0.847. The van der Waals surface area contributed by atoms with E-state index < -0.39 is 0 Å². The maximum absolute atomic E-state index is 4.02. The third-order valence-electron chi connectivity index (χ3n) is 1.82. The van der Waals surface area contributed by atoms with Crippen LogP contribution in [-0.2, 0) is 6.54 Å². The molecule has 0 fully saturated rings. The zero-order valence-corrected chi connectivity index (χ0v) is 7.44. The Balaban J connectivity index is 2.35. The standard InChI is InChI=1S/C8H11N5/c1-2-5-13-6-10-12-8(13)7-3-4-9-11-7/h3-4,6H,2,5H2,1H3,(H,9,11). The molecule has 0 aromatic carbocycles. The summed E-state index contributed by atoms with van der Waals surface area (Å²) in [6, 6.07) is 1.89. The van der Waals surface area contributed by atoms with Crippen molar-refractivity contribution in [2.75, 3.05) is 0 Å². The number of hydrogen-bond acceptors (Lipinski definition) is 3. The molecule has 2 heterocycles. The fraction of sp³-hybridized carbons (Fsp3) is 0.375. The second kappa shape index (κ2) is 3.38. The van der Waals surface area contributed by atoms with Gasteiger partial charge in [-0.05, 0) is 12.5 Å². The van der Waals surface area contributed by atoms with Crippen molar-refractivity contribution in [3.05, 3.63) is 18.6 Å². The molecule has 0 aliphatic carbocycles. The molecule has 0 amide bonds. The van der Waals surface area contributed by atoms with Crippen molar-refractivity contribution in [2.45, 2.75) is 19.9 Å². The summed E-state index contributed by atoms with van der Waals surface area (Å²) in [5.41, 5.74) is 0.908. The second-order valence-electron chi connectivity index (χ2n) is 2.82. The molecule has 0 spiro atoms. The Morgan fingerprint density at radius 3 is 3.15 bits per heavy atom. The van der Waals surface area contributed by atoms with Crippen LogP contribution in [0, 0.1) is 0 Å². The van der Waals surface area contributed by atoms with E-state index in [4.69, 9.17) is 0 Å². The Morgan fingerprint density at radius 2 is 2.46 bits per heavy atom. The summed E-state index contributed by atoms with van der Waals surface area (Å²) >= 11 is 0. The van der Waals surface area contributed by atoms with E-state index in [1.54, 1.807) is 12.5 Å². The molecular formula is C8H11N5. The van der Waals surface area contributed by atoms with Gasteiger partial charge in [0.25, 0.3) is 0 Å². The molecule has 0 aliphatic heterocycles. The van der Waals surface area contributed by atoms with Gasteiger partial charge in [0.2, 0.25) is 0 Å². The summed E-state index contributed by atoms with van der Waals surface area (Å²) in [5, 5.41) is 14.6. The van der Waals surface area contributed by atoms with E-state index in [0.717, 1.165) is 24.5 Å². The van der Waals surface area contributed by atoms with Crippen LogP contribution in [0.15, 0.2) is 18.6 Å². The molecule has 5 heteroatoms. The lowest BCUT2D eigenvalue weighted by atomic mass is 10.4. The number of nitrogens with one attached hydrogen (secondary N) is 1. The quantitative estimate of drug-likeness (QED) is 0.763. The minimum atomic E-state index is 0.847. The van der Waals surface area contributed by atoms with E-state index in [1.807, 2.05) is 10.6 Å². The lowest BCUT2D eigenvalue weighted by Crippen LogP contribution is -1.98. The highest BCUT2D eigenvalue weighted by atomic mass is 15.3. The van der Waals surface area contributed by atoms with Gasteiger partial charge in [0.15, 0.2) is 5.82 Å². The average molecular weight is 177 g/mol. The maximum atomic E-state index is 4.02. The van der Waals surface area contributed by atoms with E-state index in [-0.39, 0.29) is 0 Å². The van der Waals surface area contributed by atoms with Crippen molar-refractivity contribution in [2.24, 2.45) is 0 Å². The molecule has 2 rings (SSSR count). The third-order valence-corrected chi connectivity index (χ3v) is 1.82. The predicted molar refractivity (Wildman–Crippen MR) is 47.9 cm³/mol.